The monoisotopic (exact) mass is 276 g/mol. The molecule has 0 spiro atoms. The average molecular weight is 276 g/mol. The van der Waals surface area contributed by atoms with Gasteiger partial charge in [0.1, 0.15) is 6.54 Å². The lowest BCUT2D eigenvalue weighted by atomic mass is 10.1. The van der Waals surface area contributed by atoms with Crippen molar-refractivity contribution in [3.63, 3.8) is 0 Å². The van der Waals surface area contributed by atoms with Crippen LogP contribution in [0.1, 0.15) is 26.2 Å². The van der Waals surface area contributed by atoms with Crippen LogP contribution in [0.4, 0.5) is 10.5 Å². The van der Waals surface area contributed by atoms with Gasteiger partial charge >= 0.3 is 12.0 Å². The third kappa shape index (κ3) is 3.73. The van der Waals surface area contributed by atoms with Crippen molar-refractivity contribution in [3.8, 4) is 0 Å². The molecule has 0 saturated heterocycles. The first kappa shape index (κ1) is 14.4. The van der Waals surface area contributed by atoms with Crippen molar-refractivity contribution >= 4 is 17.7 Å². The highest BCUT2D eigenvalue weighted by Gasteiger charge is 2.26. The summed E-state index contributed by atoms with van der Waals surface area (Å²) in [5, 5.41) is 11.9. The Hall–Kier alpha value is -2.04. The van der Waals surface area contributed by atoms with E-state index in [1.807, 2.05) is 6.07 Å². The Balaban J connectivity index is 2.06. The molecule has 1 aliphatic carbocycles. The molecule has 2 N–H and O–H groups in total. The van der Waals surface area contributed by atoms with Crippen LogP contribution in [0.5, 0.6) is 0 Å². The van der Waals surface area contributed by atoms with Gasteiger partial charge in [0.2, 0.25) is 0 Å². The smallest absolute Gasteiger partial charge is 0.323 e. The van der Waals surface area contributed by atoms with Crippen LogP contribution in [-0.4, -0.2) is 29.7 Å². The fraction of sp³-hybridized carbons (Fsp3) is 0.467. The predicted molar refractivity (Wildman–Crippen MR) is 76.8 cm³/mol. The molecule has 2 atom stereocenters. The van der Waals surface area contributed by atoms with E-state index in [1.54, 1.807) is 24.3 Å². The molecule has 0 bridgehead atoms. The number of aliphatic carboxylic acids is 1. The summed E-state index contributed by atoms with van der Waals surface area (Å²) in [6.07, 6.45) is 3.03. The molecular formula is C15H20N2O3. The van der Waals surface area contributed by atoms with Crippen LogP contribution in [0.3, 0.4) is 0 Å². The van der Waals surface area contributed by atoms with Gasteiger partial charge in [-0.05, 0) is 37.3 Å². The number of urea groups is 1. The van der Waals surface area contributed by atoms with Crippen molar-refractivity contribution in [1.29, 1.82) is 0 Å². The highest BCUT2D eigenvalue weighted by atomic mass is 16.4. The van der Waals surface area contributed by atoms with Gasteiger partial charge in [-0.1, -0.05) is 25.1 Å². The summed E-state index contributed by atoms with van der Waals surface area (Å²) in [4.78, 5) is 24.5. The summed E-state index contributed by atoms with van der Waals surface area (Å²) >= 11 is 0. The van der Waals surface area contributed by atoms with Crippen LogP contribution >= 0.6 is 0 Å². The second-order valence-electron chi connectivity index (χ2n) is 5.38. The Labute approximate surface area is 118 Å². The Kier molecular flexibility index (Phi) is 4.61. The number of rotatable bonds is 4. The number of carbonyl (C=O) groups excluding carboxylic acids is 1. The van der Waals surface area contributed by atoms with Gasteiger partial charge in [-0.3, -0.25) is 9.69 Å². The van der Waals surface area contributed by atoms with E-state index in [1.165, 1.54) is 4.90 Å². The Morgan fingerprint density at radius 2 is 2.00 bits per heavy atom. The molecule has 0 aromatic heterocycles. The Morgan fingerprint density at radius 1 is 1.30 bits per heavy atom. The number of anilines is 1. The first-order valence-electron chi connectivity index (χ1n) is 6.91. The molecule has 2 amide bonds. The number of hydrogen-bond donors (Lipinski definition) is 2. The summed E-state index contributed by atoms with van der Waals surface area (Å²) in [7, 11) is 0. The second-order valence-corrected chi connectivity index (χ2v) is 5.38. The van der Waals surface area contributed by atoms with Crippen molar-refractivity contribution in [2.45, 2.75) is 32.2 Å². The number of carbonyl (C=O) groups is 2. The molecule has 1 fully saturated rings. The molecule has 0 radical (unpaired) electrons. The standard InChI is InChI=1S/C15H20N2O3/c1-11-7-8-12(9-11)16-15(20)17(10-14(18)19)13-5-3-2-4-6-13/h2-6,11-12H,7-10H2,1H3,(H,16,20)(H,18,19). The Bertz CT molecular complexity index is 475. The van der Waals surface area contributed by atoms with Crippen LogP contribution in [0.2, 0.25) is 0 Å². The second kappa shape index (κ2) is 6.41. The van der Waals surface area contributed by atoms with Gasteiger partial charge < -0.3 is 10.4 Å². The third-order valence-corrected chi connectivity index (χ3v) is 3.63. The van der Waals surface area contributed by atoms with E-state index in [0.29, 0.717) is 11.6 Å². The highest BCUT2D eigenvalue weighted by Crippen LogP contribution is 2.25. The number of carboxylic acids is 1. The summed E-state index contributed by atoms with van der Waals surface area (Å²) < 4.78 is 0. The van der Waals surface area contributed by atoms with Crippen LogP contribution in [-0.2, 0) is 4.79 Å². The van der Waals surface area contributed by atoms with Gasteiger partial charge in [-0.25, -0.2) is 4.79 Å². The molecule has 5 nitrogen and oxygen atoms in total. The molecule has 0 heterocycles. The summed E-state index contributed by atoms with van der Waals surface area (Å²) in [6, 6.07) is 8.69. The summed E-state index contributed by atoms with van der Waals surface area (Å²) in [6.45, 7) is 1.83. The van der Waals surface area contributed by atoms with E-state index >= 15 is 0 Å². The zero-order valence-electron chi connectivity index (χ0n) is 11.6. The van der Waals surface area contributed by atoms with E-state index in [-0.39, 0.29) is 18.6 Å². The van der Waals surface area contributed by atoms with Crippen molar-refractivity contribution in [1.82, 2.24) is 5.32 Å². The molecule has 2 unspecified atom stereocenters. The number of nitrogens with one attached hydrogen (secondary N) is 1. The maximum absolute atomic E-state index is 12.3. The van der Waals surface area contributed by atoms with Gasteiger partial charge in [0.05, 0.1) is 0 Å². The van der Waals surface area contributed by atoms with Gasteiger partial charge in [0, 0.05) is 11.7 Å². The summed E-state index contributed by atoms with van der Waals surface area (Å²) in [5.41, 5.74) is 0.596. The zero-order valence-corrected chi connectivity index (χ0v) is 11.6. The summed E-state index contributed by atoms with van der Waals surface area (Å²) in [5.74, 6) is -0.409. The number of hydrogen-bond acceptors (Lipinski definition) is 2. The van der Waals surface area contributed by atoms with E-state index in [2.05, 4.69) is 12.2 Å². The minimum absolute atomic E-state index is 0.150. The fourth-order valence-corrected chi connectivity index (χ4v) is 2.61. The van der Waals surface area contributed by atoms with Crippen LogP contribution in [0, 0.1) is 5.92 Å². The average Bonchev–Trinajstić information content (AvgIpc) is 2.82. The molecular weight excluding hydrogens is 256 g/mol. The first-order valence-corrected chi connectivity index (χ1v) is 6.91. The lowest BCUT2D eigenvalue weighted by molar-refractivity contribution is -0.135. The SMILES string of the molecule is CC1CCC(NC(=O)N(CC(=O)O)c2ccccc2)C1. The van der Waals surface area contributed by atoms with E-state index in [4.69, 9.17) is 5.11 Å². The number of benzene rings is 1. The maximum Gasteiger partial charge on any atom is 0.323 e. The van der Waals surface area contributed by atoms with Gasteiger partial charge in [-0.15, -0.1) is 0 Å². The number of nitrogens with zero attached hydrogens (tertiary/aromatic N) is 1. The van der Waals surface area contributed by atoms with E-state index < -0.39 is 5.97 Å². The molecule has 108 valence electrons. The number of para-hydroxylation sites is 1. The third-order valence-electron chi connectivity index (χ3n) is 3.63. The van der Waals surface area contributed by atoms with Crippen LogP contribution in [0.25, 0.3) is 0 Å². The quantitative estimate of drug-likeness (QED) is 0.887. The van der Waals surface area contributed by atoms with E-state index in [9.17, 15) is 9.59 Å². The van der Waals surface area contributed by atoms with Crippen molar-refractivity contribution in [3.05, 3.63) is 30.3 Å². The zero-order chi connectivity index (χ0) is 14.5. The van der Waals surface area contributed by atoms with Gasteiger partial charge in [-0.2, -0.15) is 0 Å². The molecule has 20 heavy (non-hydrogen) atoms. The molecule has 5 heteroatoms. The first-order chi connectivity index (χ1) is 9.56. The lowest BCUT2D eigenvalue weighted by Crippen LogP contribution is -2.46. The number of carboxylic acid groups (broad SMARTS) is 1. The molecule has 1 aliphatic rings. The fourth-order valence-electron chi connectivity index (χ4n) is 2.61. The molecule has 2 rings (SSSR count). The number of amides is 2. The van der Waals surface area contributed by atoms with Crippen LogP contribution < -0.4 is 10.2 Å². The normalized spacial score (nSPS) is 21.4. The molecule has 1 saturated carbocycles. The molecule has 1 aromatic carbocycles. The minimum Gasteiger partial charge on any atom is -0.480 e. The van der Waals surface area contributed by atoms with Crippen molar-refractivity contribution in [2.24, 2.45) is 5.92 Å². The molecule has 1 aromatic rings. The largest absolute Gasteiger partial charge is 0.480 e. The Morgan fingerprint density at radius 3 is 2.55 bits per heavy atom. The topological polar surface area (TPSA) is 69.6 Å². The van der Waals surface area contributed by atoms with Gasteiger partial charge in [0.15, 0.2) is 0 Å². The van der Waals surface area contributed by atoms with Crippen LogP contribution in [0.15, 0.2) is 30.3 Å². The lowest BCUT2D eigenvalue weighted by Gasteiger charge is -2.23. The van der Waals surface area contributed by atoms with Crippen molar-refractivity contribution < 1.29 is 14.7 Å². The minimum atomic E-state index is -1.02. The maximum atomic E-state index is 12.3. The predicted octanol–water partition coefficient (Wildman–Crippen LogP) is 2.48. The molecule has 0 aliphatic heterocycles. The van der Waals surface area contributed by atoms with E-state index in [0.717, 1.165) is 19.3 Å². The highest BCUT2D eigenvalue weighted by molar-refractivity contribution is 5.96. The van der Waals surface area contributed by atoms with Gasteiger partial charge in [0.25, 0.3) is 0 Å². The van der Waals surface area contributed by atoms with Crippen molar-refractivity contribution in [2.75, 3.05) is 11.4 Å².